The molecule has 1 N–H and O–H groups in total. The molecule has 2 rings (SSSR count). The fourth-order valence-electron chi connectivity index (χ4n) is 1.84. The maximum Gasteiger partial charge on any atom is 0.339 e. The van der Waals surface area contributed by atoms with Gasteiger partial charge in [-0.05, 0) is 24.3 Å². The summed E-state index contributed by atoms with van der Waals surface area (Å²) in [5.74, 6) is -0.570. The Morgan fingerprint density at radius 3 is 2.64 bits per heavy atom. The Hall–Kier alpha value is -2.40. The first-order chi connectivity index (χ1) is 10.6. The monoisotopic (exact) mass is 359 g/mol. The molecule has 0 aromatic heterocycles. The molecule has 0 aliphatic rings. The summed E-state index contributed by atoms with van der Waals surface area (Å²) in [6.07, 6.45) is 2.92. The lowest BCUT2D eigenvalue weighted by molar-refractivity contribution is 0.0602. The van der Waals surface area contributed by atoms with Gasteiger partial charge in [0.25, 0.3) is 0 Å². The van der Waals surface area contributed by atoms with Gasteiger partial charge in [0.1, 0.15) is 0 Å². The van der Waals surface area contributed by atoms with Crippen LogP contribution in [0.2, 0.25) is 0 Å². The predicted octanol–water partition coefficient (Wildman–Crippen LogP) is 4.04. The number of hydrogen-bond acceptors (Lipinski definition) is 4. The van der Waals surface area contributed by atoms with Gasteiger partial charge in [-0.3, -0.25) is 4.79 Å². The predicted molar refractivity (Wildman–Crippen MR) is 89.0 cm³/mol. The van der Waals surface area contributed by atoms with Crippen molar-refractivity contribution in [2.75, 3.05) is 12.4 Å². The average Bonchev–Trinajstić information content (AvgIpc) is 2.54. The quantitative estimate of drug-likeness (QED) is 0.497. The van der Waals surface area contributed by atoms with Crippen molar-refractivity contribution >= 4 is 33.4 Å². The van der Waals surface area contributed by atoms with Crippen molar-refractivity contribution in [3.05, 3.63) is 76.4 Å². The number of methoxy groups -OCH3 is 1. The minimum atomic E-state index is -0.435. The number of esters is 1. The van der Waals surface area contributed by atoms with Crippen molar-refractivity contribution in [3.8, 4) is 0 Å². The van der Waals surface area contributed by atoms with Crippen LogP contribution in [-0.4, -0.2) is 18.9 Å². The summed E-state index contributed by atoms with van der Waals surface area (Å²) >= 11 is 3.33. The average molecular weight is 360 g/mol. The molecule has 22 heavy (non-hydrogen) atoms. The number of ether oxygens (including phenoxy) is 1. The molecule has 0 radical (unpaired) electrons. The first kappa shape index (κ1) is 16.0. The number of rotatable bonds is 5. The number of nitrogens with one attached hydrogen (secondary N) is 1. The third kappa shape index (κ3) is 4.05. The van der Waals surface area contributed by atoms with Gasteiger partial charge in [-0.25, -0.2) is 4.79 Å². The highest BCUT2D eigenvalue weighted by atomic mass is 79.9. The van der Waals surface area contributed by atoms with Crippen molar-refractivity contribution in [2.45, 2.75) is 0 Å². The Bertz CT molecular complexity index is 725. The van der Waals surface area contributed by atoms with Gasteiger partial charge in [0.15, 0.2) is 5.78 Å². The molecule has 0 heterocycles. The SMILES string of the molecule is COC(=O)c1ccccc1NC=CC(=O)c1cccc(Br)c1. The molecule has 0 aliphatic carbocycles. The summed E-state index contributed by atoms with van der Waals surface area (Å²) in [5, 5.41) is 2.93. The molecule has 0 atom stereocenters. The minimum absolute atomic E-state index is 0.135. The van der Waals surface area contributed by atoms with Crippen molar-refractivity contribution in [1.82, 2.24) is 0 Å². The van der Waals surface area contributed by atoms with Crippen LogP contribution in [0.4, 0.5) is 5.69 Å². The standard InChI is InChI=1S/C17H14BrNO3/c1-22-17(21)14-7-2-3-8-15(14)19-10-9-16(20)12-5-4-6-13(18)11-12/h2-11,19H,1H3. The van der Waals surface area contributed by atoms with E-state index in [-0.39, 0.29) is 5.78 Å². The molecular formula is C17H14BrNO3. The van der Waals surface area contributed by atoms with Gasteiger partial charge >= 0.3 is 5.97 Å². The summed E-state index contributed by atoms with van der Waals surface area (Å²) in [4.78, 5) is 23.7. The highest BCUT2D eigenvalue weighted by molar-refractivity contribution is 9.10. The van der Waals surface area contributed by atoms with E-state index in [1.54, 1.807) is 42.5 Å². The Labute approximate surface area is 136 Å². The van der Waals surface area contributed by atoms with Crippen LogP contribution in [-0.2, 0) is 4.74 Å². The van der Waals surface area contributed by atoms with E-state index >= 15 is 0 Å². The number of carbonyl (C=O) groups is 2. The molecule has 0 unspecified atom stereocenters. The number of benzene rings is 2. The van der Waals surface area contributed by atoms with Crippen molar-refractivity contribution in [1.29, 1.82) is 0 Å². The second kappa shape index (κ2) is 7.56. The fourth-order valence-corrected chi connectivity index (χ4v) is 2.24. The van der Waals surface area contributed by atoms with E-state index in [9.17, 15) is 9.59 Å². The van der Waals surface area contributed by atoms with Crippen LogP contribution in [0.5, 0.6) is 0 Å². The zero-order valence-electron chi connectivity index (χ0n) is 11.9. The smallest absolute Gasteiger partial charge is 0.339 e. The Kier molecular flexibility index (Phi) is 5.49. The van der Waals surface area contributed by atoms with Gasteiger partial charge in [-0.15, -0.1) is 0 Å². The molecule has 0 spiro atoms. The molecule has 4 nitrogen and oxygen atoms in total. The number of allylic oxidation sites excluding steroid dienone is 1. The number of para-hydroxylation sites is 1. The topological polar surface area (TPSA) is 55.4 Å². The summed E-state index contributed by atoms with van der Waals surface area (Å²) in [5.41, 5.74) is 1.56. The Balaban J connectivity index is 2.10. The van der Waals surface area contributed by atoms with E-state index in [0.717, 1.165) is 4.47 Å². The van der Waals surface area contributed by atoms with Gasteiger partial charge in [0.2, 0.25) is 0 Å². The number of halogens is 1. The van der Waals surface area contributed by atoms with E-state index in [4.69, 9.17) is 4.74 Å². The summed E-state index contributed by atoms with van der Waals surface area (Å²) in [7, 11) is 1.33. The lowest BCUT2D eigenvalue weighted by atomic mass is 10.1. The van der Waals surface area contributed by atoms with E-state index in [2.05, 4.69) is 21.2 Å². The largest absolute Gasteiger partial charge is 0.465 e. The molecule has 0 aliphatic heterocycles. The van der Waals surface area contributed by atoms with E-state index < -0.39 is 5.97 Å². The lowest BCUT2D eigenvalue weighted by Crippen LogP contribution is -2.05. The molecular weight excluding hydrogens is 346 g/mol. The molecule has 0 saturated carbocycles. The van der Waals surface area contributed by atoms with Crippen LogP contribution >= 0.6 is 15.9 Å². The Morgan fingerprint density at radius 2 is 1.91 bits per heavy atom. The second-order valence-electron chi connectivity index (χ2n) is 4.39. The van der Waals surface area contributed by atoms with Gasteiger partial charge in [-0.2, -0.15) is 0 Å². The summed E-state index contributed by atoms with van der Waals surface area (Å²) < 4.78 is 5.55. The van der Waals surface area contributed by atoms with Crippen molar-refractivity contribution < 1.29 is 14.3 Å². The molecule has 2 aromatic carbocycles. The van der Waals surface area contributed by atoms with Crippen LogP contribution in [0.25, 0.3) is 0 Å². The van der Waals surface area contributed by atoms with Crippen LogP contribution < -0.4 is 5.32 Å². The number of anilines is 1. The van der Waals surface area contributed by atoms with Gasteiger partial charge < -0.3 is 10.1 Å². The number of carbonyl (C=O) groups excluding carboxylic acids is 2. The minimum Gasteiger partial charge on any atom is -0.465 e. The normalized spacial score (nSPS) is 10.5. The fraction of sp³-hybridized carbons (Fsp3) is 0.0588. The molecule has 2 aromatic rings. The van der Waals surface area contributed by atoms with Crippen molar-refractivity contribution in [2.24, 2.45) is 0 Å². The first-order valence-electron chi connectivity index (χ1n) is 6.52. The molecule has 112 valence electrons. The highest BCUT2D eigenvalue weighted by Gasteiger charge is 2.09. The van der Waals surface area contributed by atoms with Crippen LogP contribution in [0.1, 0.15) is 20.7 Å². The van der Waals surface area contributed by atoms with Gasteiger partial charge in [0.05, 0.1) is 18.4 Å². The van der Waals surface area contributed by atoms with Gasteiger partial charge in [-0.1, -0.05) is 40.2 Å². The van der Waals surface area contributed by atoms with E-state index in [0.29, 0.717) is 16.8 Å². The first-order valence-corrected chi connectivity index (χ1v) is 7.31. The van der Waals surface area contributed by atoms with Crippen LogP contribution in [0, 0.1) is 0 Å². The van der Waals surface area contributed by atoms with E-state index in [1.807, 2.05) is 6.07 Å². The summed E-state index contributed by atoms with van der Waals surface area (Å²) in [6, 6.07) is 14.1. The molecule has 0 fully saturated rings. The second-order valence-corrected chi connectivity index (χ2v) is 5.31. The zero-order chi connectivity index (χ0) is 15.9. The lowest BCUT2D eigenvalue weighted by Gasteiger charge is -2.06. The maximum absolute atomic E-state index is 12.0. The number of hydrogen-bond donors (Lipinski definition) is 1. The molecule has 0 saturated heterocycles. The molecule has 0 bridgehead atoms. The summed E-state index contributed by atoms with van der Waals surface area (Å²) in [6.45, 7) is 0. The van der Waals surface area contributed by atoms with Crippen LogP contribution in [0.15, 0.2) is 65.3 Å². The number of ketones is 1. The zero-order valence-corrected chi connectivity index (χ0v) is 13.5. The van der Waals surface area contributed by atoms with Gasteiger partial charge in [0, 0.05) is 22.3 Å². The third-order valence-corrected chi connectivity index (χ3v) is 3.41. The third-order valence-electron chi connectivity index (χ3n) is 2.92. The maximum atomic E-state index is 12.0. The van der Waals surface area contributed by atoms with E-state index in [1.165, 1.54) is 19.4 Å². The molecule has 0 amide bonds. The molecule has 5 heteroatoms. The van der Waals surface area contributed by atoms with Crippen LogP contribution in [0.3, 0.4) is 0 Å². The Morgan fingerprint density at radius 1 is 1.14 bits per heavy atom. The highest BCUT2D eigenvalue weighted by Crippen LogP contribution is 2.16. The van der Waals surface area contributed by atoms with Crippen molar-refractivity contribution in [3.63, 3.8) is 0 Å².